The molecule has 0 bridgehead atoms. The lowest BCUT2D eigenvalue weighted by Gasteiger charge is -2.04. The van der Waals surface area contributed by atoms with E-state index in [2.05, 4.69) is 4.98 Å². The SMILES string of the molecule is Cc1ccncc1C(=O)c1ccc(Cl)c(F)c1. The minimum Gasteiger partial charge on any atom is -0.289 e. The Kier molecular flexibility index (Phi) is 3.20. The van der Waals surface area contributed by atoms with Crippen molar-refractivity contribution in [3.63, 3.8) is 0 Å². The van der Waals surface area contributed by atoms with E-state index in [0.717, 1.165) is 11.6 Å². The molecule has 0 fully saturated rings. The fourth-order valence-electron chi connectivity index (χ4n) is 1.49. The second kappa shape index (κ2) is 4.63. The highest BCUT2D eigenvalue weighted by Gasteiger charge is 2.13. The van der Waals surface area contributed by atoms with E-state index in [1.165, 1.54) is 18.3 Å². The van der Waals surface area contributed by atoms with Gasteiger partial charge in [-0.2, -0.15) is 0 Å². The number of hydrogen-bond acceptors (Lipinski definition) is 2. The van der Waals surface area contributed by atoms with Gasteiger partial charge in [-0.15, -0.1) is 0 Å². The smallest absolute Gasteiger partial charge is 0.194 e. The molecular weight excluding hydrogens is 241 g/mol. The van der Waals surface area contributed by atoms with Crippen LogP contribution < -0.4 is 0 Å². The van der Waals surface area contributed by atoms with E-state index in [0.29, 0.717) is 5.56 Å². The summed E-state index contributed by atoms with van der Waals surface area (Å²) in [5, 5.41) is 0.00413. The first-order valence-corrected chi connectivity index (χ1v) is 5.38. The second-order valence-electron chi connectivity index (χ2n) is 3.65. The Balaban J connectivity index is 2.44. The molecule has 86 valence electrons. The van der Waals surface area contributed by atoms with Crippen molar-refractivity contribution in [3.05, 3.63) is 64.2 Å². The maximum Gasteiger partial charge on any atom is 0.194 e. The molecule has 0 aliphatic carbocycles. The Morgan fingerprint density at radius 1 is 1.35 bits per heavy atom. The molecule has 4 heteroatoms. The van der Waals surface area contributed by atoms with Crippen LogP contribution in [0.3, 0.4) is 0 Å². The van der Waals surface area contributed by atoms with Gasteiger partial charge >= 0.3 is 0 Å². The fraction of sp³-hybridized carbons (Fsp3) is 0.0769. The Labute approximate surface area is 103 Å². The average molecular weight is 250 g/mol. The second-order valence-corrected chi connectivity index (χ2v) is 4.06. The number of carbonyl (C=O) groups is 1. The van der Waals surface area contributed by atoms with Crippen LogP contribution in [-0.4, -0.2) is 10.8 Å². The molecule has 0 radical (unpaired) electrons. The number of benzene rings is 1. The van der Waals surface area contributed by atoms with Crippen LogP contribution in [0.2, 0.25) is 5.02 Å². The van der Waals surface area contributed by atoms with Crippen LogP contribution in [0.1, 0.15) is 21.5 Å². The van der Waals surface area contributed by atoms with Gasteiger partial charge in [0.25, 0.3) is 0 Å². The topological polar surface area (TPSA) is 30.0 Å². The third kappa shape index (κ3) is 2.34. The minimum absolute atomic E-state index is 0.00413. The summed E-state index contributed by atoms with van der Waals surface area (Å²) in [5.41, 5.74) is 1.54. The molecule has 0 saturated heterocycles. The summed E-state index contributed by atoms with van der Waals surface area (Å²) in [6.45, 7) is 1.81. The summed E-state index contributed by atoms with van der Waals surface area (Å²) in [6, 6.07) is 5.74. The molecule has 0 saturated carbocycles. The molecule has 0 aliphatic heterocycles. The highest BCUT2D eigenvalue weighted by atomic mass is 35.5. The van der Waals surface area contributed by atoms with E-state index in [9.17, 15) is 9.18 Å². The van der Waals surface area contributed by atoms with Gasteiger partial charge in [0.1, 0.15) is 5.82 Å². The first-order chi connectivity index (χ1) is 8.09. The van der Waals surface area contributed by atoms with Crippen LogP contribution in [-0.2, 0) is 0 Å². The lowest BCUT2D eigenvalue weighted by atomic mass is 10.0. The lowest BCUT2D eigenvalue weighted by Crippen LogP contribution is -2.04. The molecule has 0 aliphatic rings. The predicted molar refractivity (Wildman–Crippen MR) is 63.8 cm³/mol. The van der Waals surface area contributed by atoms with E-state index < -0.39 is 5.82 Å². The molecule has 1 aromatic carbocycles. The van der Waals surface area contributed by atoms with Crippen molar-refractivity contribution in [2.24, 2.45) is 0 Å². The van der Waals surface area contributed by atoms with Gasteiger partial charge in [-0.3, -0.25) is 9.78 Å². The van der Waals surface area contributed by atoms with Crippen molar-refractivity contribution in [1.29, 1.82) is 0 Å². The van der Waals surface area contributed by atoms with Crippen molar-refractivity contribution in [2.75, 3.05) is 0 Å². The zero-order valence-corrected chi connectivity index (χ0v) is 9.83. The number of hydrogen-bond donors (Lipinski definition) is 0. The molecule has 2 aromatic rings. The van der Waals surface area contributed by atoms with Crippen molar-refractivity contribution in [1.82, 2.24) is 4.98 Å². The number of aromatic nitrogens is 1. The van der Waals surface area contributed by atoms with Gasteiger partial charge in [-0.25, -0.2) is 4.39 Å². The summed E-state index contributed by atoms with van der Waals surface area (Å²) in [6.07, 6.45) is 3.08. The molecule has 17 heavy (non-hydrogen) atoms. The van der Waals surface area contributed by atoms with Crippen molar-refractivity contribution in [2.45, 2.75) is 6.92 Å². The van der Waals surface area contributed by atoms with Crippen molar-refractivity contribution in [3.8, 4) is 0 Å². The van der Waals surface area contributed by atoms with Gasteiger partial charge in [0, 0.05) is 23.5 Å². The van der Waals surface area contributed by atoms with Gasteiger partial charge in [0.15, 0.2) is 5.78 Å². The number of nitrogens with zero attached hydrogens (tertiary/aromatic N) is 1. The maximum absolute atomic E-state index is 13.3. The largest absolute Gasteiger partial charge is 0.289 e. The summed E-state index contributed by atoms with van der Waals surface area (Å²) in [7, 11) is 0. The van der Waals surface area contributed by atoms with E-state index >= 15 is 0 Å². The molecule has 2 rings (SSSR count). The summed E-state index contributed by atoms with van der Waals surface area (Å²) < 4.78 is 13.3. The Hall–Kier alpha value is -1.74. The summed E-state index contributed by atoms with van der Waals surface area (Å²) in [4.78, 5) is 16.0. The molecule has 0 unspecified atom stereocenters. The lowest BCUT2D eigenvalue weighted by molar-refractivity contribution is 0.103. The molecule has 0 amide bonds. The fourth-order valence-corrected chi connectivity index (χ4v) is 1.61. The van der Waals surface area contributed by atoms with Gasteiger partial charge in [0.05, 0.1) is 5.02 Å². The molecular formula is C13H9ClFNO. The number of halogens is 2. The first-order valence-electron chi connectivity index (χ1n) is 5.00. The van der Waals surface area contributed by atoms with Crippen LogP contribution in [0, 0.1) is 12.7 Å². The maximum atomic E-state index is 13.3. The molecule has 0 spiro atoms. The first kappa shape index (κ1) is 11.7. The van der Waals surface area contributed by atoms with Crippen LogP contribution in [0.15, 0.2) is 36.7 Å². The van der Waals surface area contributed by atoms with E-state index in [1.807, 2.05) is 0 Å². The van der Waals surface area contributed by atoms with Gasteiger partial charge in [-0.1, -0.05) is 11.6 Å². The highest BCUT2D eigenvalue weighted by Crippen LogP contribution is 2.18. The van der Waals surface area contributed by atoms with Crippen molar-refractivity contribution >= 4 is 17.4 Å². The third-order valence-corrected chi connectivity index (χ3v) is 2.77. The molecule has 2 nitrogen and oxygen atoms in total. The van der Waals surface area contributed by atoms with E-state index in [1.54, 1.807) is 19.2 Å². The van der Waals surface area contributed by atoms with Gasteiger partial charge in [-0.05, 0) is 36.8 Å². The third-order valence-electron chi connectivity index (χ3n) is 2.47. The average Bonchev–Trinajstić information content (AvgIpc) is 2.32. The quantitative estimate of drug-likeness (QED) is 0.764. The Morgan fingerprint density at radius 3 is 2.76 bits per heavy atom. The monoisotopic (exact) mass is 249 g/mol. The minimum atomic E-state index is -0.598. The Bertz CT molecular complexity index is 583. The summed E-state index contributed by atoms with van der Waals surface area (Å²) in [5.74, 6) is -0.856. The zero-order valence-electron chi connectivity index (χ0n) is 9.08. The van der Waals surface area contributed by atoms with Gasteiger partial charge in [0.2, 0.25) is 0 Å². The Morgan fingerprint density at radius 2 is 2.12 bits per heavy atom. The number of rotatable bonds is 2. The standard InChI is InChI=1S/C13H9ClFNO/c1-8-4-5-16-7-10(8)13(17)9-2-3-11(14)12(15)6-9/h2-7H,1H3. The molecule has 1 aromatic heterocycles. The predicted octanol–water partition coefficient (Wildman–Crippen LogP) is 3.41. The van der Waals surface area contributed by atoms with E-state index in [-0.39, 0.29) is 16.4 Å². The van der Waals surface area contributed by atoms with E-state index in [4.69, 9.17) is 11.6 Å². The normalized spacial score (nSPS) is 10.3. The van der Waals surface area contributed by atoms with Gasteiger partial charge < -0.3 is 0 Å². The number of carbonyl (C=O) groups excluding carboxylic acids is 1. The van der Waals surface area contributed by atoms with Crippen molar-refractivity contribution < 1.29 is 9.18 Å². The van der Waals surface area contributed by atoms with Crippen LogP contribution >= 0.6 is 11.6 Å². The van der Waals surface area contributed by atoms with Crippen LogP contribution in [0.5, 0.6) is 0 Å². The number of ketones is 1. The summed E-state index contributed by atoms with van der Waals surface area (Å²) >= 11 is 5.56. The zero-order chi connectivity index (χ0) is 12.4. The molecule has 0 atom stereocenters. The highest BCUT2D eigenvalue weighted by molar-refractivity contribution is 6.30. The van der Waals surface area contributed by atoms with Crippen LogP contribution in [0.25, 0.3) is 0 Å². The molecule has 0 N–H and O–H groups in total. The van der Waals surface area contributed by atoms with Crippen LogP contribution in [0.4, 0.5) is 4.39 Å². The molecule has 1 heterocycles. The number of pyridine rings is 1. The number of aryl methyl sites for hydroxylation is 1.